The summed E-state index contributed by atoms with van der Waals surface area (Å²) in [5.41, 5.74) is 0.712. The van der Waals surface area contributed by atoms with Crippen LogP contribution in [0.2, 0.25) is 0 Å². The number of hydrogen-bond donors (Lipinski definition) is 0. The van der Waals surface area contributed by atoms with Gasteiger partial charge in [-0.05, 0) is 35.2 Å². The first-order chi connectivity index (χ1) is 15.4. The predicted octanol–water partition coefficient (Wildman–Crippen LogP) is 7.75. The summed E-state index contributed by atoms with van der Waals surface area (Å²) in [5, 5.41) is 0. The minimum Gasteiger partial charge on any atom is -0.429 e. The van der Waals surface area contributed by atoms with E-state index in [1.807, 2.05) is 19.1 Å². The molecule has 176 valence electrons. The molecule has 0 bridgehead atoms. The molecule has 0 aromatic heterocycles. The van der Waals surface area contributed by atoms with Gasteiger partial charge in [-0.15, -0.1) is 13.2 Å². The fourth-order valence-corrected chi connectivity index (χ4v) is 3.10. The number of benzene rings is 3. The van der Waals surface area contributed by atoms with E-state index in [1.165, 1.54) is 6.07 Å². The molecule has 0 unspecified atom stereocenters. The maximum Gasteiger partial charge on any atom is 0.573 e. The smallest absolute Gasteiger partial charge is 0.429 e. The van der Waals surface area contributed by atoms with Gasteiger partial charge in [-0.3, -0.25) is 0 Å². The van der Waals surface area contributed by atoms with Gasteiger partial charge in [0.15, 0.2) is 11.6 Å². The van der Waals surface area contributed by atoms with Crippen molar-refractivity contribution >= 4 is 0 Å². The van der Waals surface area contributed by atoms with Crippen molar-refractivity contribution in [1.82, 2.24) is 0 Å². The molecule has 0 saturated heterocycles. The highest BCUT2D eigenvalue weighted by Gasteiger charge is 2.39. The molecule has 0 aliphatic rings. The number of halogens is 8. The molecular formula is C23H16F8O2. The highest BCUT2D eigenvalue weighted by Crippen LogP contribution is 2.38. The number of ether oxygens (including phenoxy) is 2. The van der Waals surface area contributed by atoms with Gasteiger partial charge in [0.1, 0.15) is 11.6 Å². The SMILES string of the molecule is CCCc1ccc(-c2ccc(C(F)(F)Oc3cc(F)c(OC(F)(F)F)c(F)c3)c(F)c2)cc1. The normalized spacial score (nSPS) is 12.0. The number of alkyl halides is 5. The van der Waals surface area contributed by atoms with Crippen LogP contribution in [0.4, 0.5) is 35.1 Å². The summed E-state index contributed by atoms with van der Waals surface area (Å²) in [4.78, 5) is 0. The van der Waals surface area contributed by atoms with Gasteiger partial charge in [0.25, 0.3) is 0 Å². The average Bonchev–Trinajstić information content (AvgIpc) is 2.70. The Morgan fingerprint density at radius 3 is 1.79 bits per heavy atom. The minimum absolute atomic E-state index is 0.0716. The van der Waals surface area contributed by atoms with Crippen molar-refractivity contribution in [2.45, 2.75) is 32.2 Å². The van der Waals surface area contributed by atoms with E-state index in [0.29, 0.717) is 11.1 Å². The first kappa shape index (κ1) is 24.3. The molecule has 0 saturated carbocycles. The lowest BCUT2D eigenvalue weighted by molar-refractivity contribution is -0.276. The van der Waals surface area contributed by atoms with E-state index in [4.69, 9.17) is 0 Å². The van der Waals surface area contributed by atoms with Crippen molar-refractivity contribution in [3.05, 3.63) is 83.2 Å². The van der Waals surface area contributed by atoms with Crippen LogP contribution in [-0.2, 0) is 12.5 Å². The Labute approximate surface area is 183 Å². The summed E-state index contributed by atoms with van der Waals surface area (Å²) in [5.74, 6) is -8.22. The van der Waals surface area contributed by atoms with Crippen LogP contribution in [0, 0.1) is 17.5 Å². The highest BCUT2D eigenvalue weighted by molar-refractivity contribution is 5.64. The van der Waals surface area contributed by atoms with E-state index in [2.05, 4.69) is 9.47 Å². The standard InChI is InChI=1S/C23H16F8O2/c1-2-3-13-4-6-14(7-5-13)15-8-9-17(18(24)10-15)22(27,28)32-16-11-19(25)21(20(26)12-16)33-23(29,30)31/h4-12H,2-3H2,1H3. The molecule has 0 N–H and O–H groups in total. The van der Waals surface area contributed by atoms with Crippen molar-refractivity contribution in [1.29, 1.82) is 0 Å². The van der Waals surface area contributed by atoms with E-state index in [1.54, 1.807) is 12.1 Å². The summed E-state index contributed by atoms with van der Waals surface area (Å²) in [6.07, 6.45) is -8.01. The maximum absolute atomic E-state index is 14.5. The van der Waals surface area contributed by atoms with Gasteiger partial charge in [-0.2, -0.15) is 8.78 Å². The summed E-state index contributed by atoms with van der Waals surface area (Å²) in [7, 11) is 0. The largest absolute Gasteiger partial charge is 0.573 e. The summed E-state index contributed by atoms with van der Waals surface area (Å²) >= 11 is 0. The Hall–Kier alpha value is -3.30. The monoisotopic (exact) mass is 476 g/mol. The third-order valence-corrected chi connectivity index (χ3v) is 4.54. The van der Waals surface area contributed by atoms with Crippen molar-refractivity contribution in [2.24, 2.45) is 0 Å². The van der Waals surface area contributed by atoms with Crippen LogP contribution in [-0.4, -0.2) is 6.36 Å². The highest BCUT2D eigenvalue weighted by atomic mass is 19.4. The van der Waals surface area contributed by atoms with Crippen LogP contribution in [0.1, 0.15) is 24.5 Å². The zero-order valence-corrected chi connectivity index (χ0v) is 17.0. The molecule has 3 rings (SSSR count). The molecule has 0 aliphatic carbocycles. The van der Waals surface area contributed by atoms with Crippen molar-refractivity contribution in [3.8, 4) is 22.6 Å². The summed E-state index contributed by atoms with van der Waals surface area (Å²) < 4.78 is 115. The van der Waals surface area contributed by atoms with E-state index >= 15 is 0 Å². The lowest BCUT2D eigenvalue weighted by atomic mass is 10.0. The molecule has 0 spiro atoms. The van der Waals surface area contributed by atoms with Gasteiger partial charge in [0, 0.05) is 12.1 Å². The molecule has 0 atom stereocenters. The first-order valence-electron chi connectivity index (χ1n) is 9.60. The Morgan fingerprint density at radius 1 is 0.697 bits per heavy atom. The first-order valence-corrected chi connectivity index (χ1v) is 9.60. The molecule has 0 radical (unpaired) electrons. The molecule has 3 aromatic rings. The van der Waals surface area contributed by atoms with Crippen LogP contribution in [0.25, 0.3) is 11.1 Å². The van der Waals surface area contributed by atoms with Gasteiger partial charge >= 0.3 is 12.5 Å². The Bertz CT molecular complexity index is 1100. The molecule has 33 heavy (non-hydrogen) atoms. The molecule has 10 heteroatoms. The molecule has 2 nitrogen and oxygen atoms in total. The van der Waals surface area contributed by atoms with Gasteiger partial charge in [0.05, 0.1) is 5.56 Å². The van der Waals surface area contributed by atoms with Gasteiger partial charge in [-0.1, -0.05) is 43.7 Å². The number of rotatable bonds is 7. The Balaban J connectivity index is 1.84. The average molecular weight is 476 g/mol. The molecule has 0 aliphatic heterocycles. The van der Waals surface area contributed by atoms with E-state index in [9.17, 15) is 35.1 Å². The van der Waals surface area contributed by atoms with Crippen molar-refractivity contribution < 1.29 is 44.6 Å². The zero-order valence-electron chi connectivity index (χ0n) is 17.0. The second kappa shape index (κ2) is 9.29. The van der Waals surface area contributed by atoms with Gasteiger partial charge < -0.3 is 9.47 Å². The number of hydrogen-bond acceptors (Lipinski definition) is 2. The second-order valence-corrected chi connectivity index (χ2v) is 7.02. The maximum atomic E-state index is 14.5. The fourth-order valence-electron chi connectivity index (χ4n) is 3.10. The van der Waals surface area contributed by atoms with E-state index < -0.39 is 47.0 Å². The fraction of sp³-hybridized carbons (Fsp3) is 0.217. The quantitative estimate of drug-likeness (QED) is 0.325. The molecule has 3 aromatic carbocycles. The van der Waals surface area contributed by atoms with Gasteiger partial charge in [0.2, 0.25) is 5.75 Å². The lowest BCUT2D eigenvalue weighted by Crippen LogP contribution is -2.24. The topological polar surface area (TPSA) is 18.5 Å². The van der Waals surface area contributed by atoms with E-state index in [0.717, 1.165) is 30.5 Å². The second-order valence-electron chi connectivity index (χ2n) is 7.02. The van der Waals surface area contributed by atoms with Gasteiger partial charge in [-0.25, -0.2) is 13.2 Å². The predicted molar refractivity (Wildman–Crippen MR) is 103 cm³/mol. The van der Waals surface area contributed by atoms with Crippen LogP contribution in [0.5, 0.6) is 11.5 Å². The van der Waals surface area contributed by atoms with Crippen molar-refractivity contribution in [3.63, 3.8) is 0 Å². The van der Waals surface area contributed by atoms with Crippen LogP contribution in [0.15, 0.2) is 54.6 Å². The van der Waals surface area contributed by atoms with Crippen LogP contribution >= 0.6 is 0 Å². The molecular weight excluding hydrogens is 460 g/mol. The van der Waals surface area contributed by atoms with Crippen molar-refractivity contribution in [2.75, 3.05) is 0 Å². The van der Waals surface area contributed by atoms with E-state index in [-0.39, 0.29) is 12.1 Å². The Morgan fingerprint density at radius 2 is 1.27 bits per heavy atom. The van der Waals surface area contributed by atoms with Crippen LogP contribution in [0.3, 0.4) is 0 Å². The third-order valence-electron chi connectivity index (χ3n) is 4.54. The summed E-state index contributed by atoms with van der Waals surface area (Å²) in [6.45, 7) is 2.01. The Kier molecular flexibility index (Phi) is 6.85. The molecule has 0 amide bonds. The zero-order chi connectivity index (χ0) is 24.4. The molecule has 0 fully saturated rings. The number of aryl methyl sites for hydroxylation is 1. The third kappa shape index (κ3) is 5.94. The minimum atomic E-state index is -5.41. The lowest BCUT2D eigenvalue weighted by Gasteiger charge is -2.20. The molecule has 0 heterocycles. The van der Waals surface area contributed by atoms with Crippen LogP contribution < -0.4 is 9.47 Å². The summed E-state index contributed by atoms with van der Waals surface area (Å²) in [6, 6.07) is 10.0.